The Morgan fingerprint density at radius 3 is 2.04 bits per heavy atom. The Bertz CT molecular complexity index is 861. The summed E-state index contributed by atoms with van der Waals surface area (Å²) in [7, 11) is 0. The van der Waals surface area contributed by atoms with Crippen LogP contribution in [0.1, 0.15) is 42.3 Å². The number of carbonyl (C=O) groups excluding carboxylic acids is 1. The number of aromatic nitrogens is 1. The van der Waals surface area contributed by atoms with Gasteiger partial charge in [0.2, 0.25) is 0 Å². The Labute approximate surface area is 154 Å². The highest BCUT2D eigenvalue weighted by atomic mass is 16.5. The van der Waals surface area contributed by atoms with Crippen LogP contribution >= 0.6 is 0 Å². The second-order valence-electron chi connectivity index (χ2n) is 7.58. The van der Waals surface area contributed by atoms with E-state index in [0.717, 1.165) is 12.2 Å². The Hall–Kier alpha value is -2.94. The quantitative estimate of drug-likeness (QED) is 0.557. The number of nitrogens with zero attached hydrogens (tertiary/aromatic N) is 1. The monoisotopic (exact) mass is 345 g/mol. The fourth-order valence-corrected chi connectivity index (χ4v) is 2.76. The molecular weight excluding hydrogens is 322 g/mol. The van der Waals surface area contributed by atoms with Crippen molar-refractivity contribution in [2.45, 2.75) is 27.2 Å². The fourth-order valence-electron chi connectivity index (χ4n) is 2.76. The predicted octanol–water partition coefficient (Wildman–Crippen LogP) is 5.69. The average molecular weight is 345 g/mol. The Morgan fingerprint density at radius 2 is 1.50 bits per heavy atom. The lowest BCUT2D eigenvalue weighted by Crippen LogP contribution is -2.08. The second kappa shape index (κ2) is 7.52. The van der Waals surface area contributed by atoms with Gasteiger partial charge in [0.25, 0.3) is 0 Å². The summed E-state index contributed by atoms with van der Waals surface area (Å²) >= 11 is 0. The third kappa shape index (κ3) is 4.79. The minimum absolute atomic E-state index is 0.0452. The summed E-state index contributed by atoms with van der Waals surface area (Å²) in [5.41, 5.74) is 2.75. The zero-order valence-corrected chi connectivity index (χ0v) is 15.4. The summed E-state index contributed by atoms with van der Waals surface area (Å²) in [5.74, 6) is 1.45. The lowest BCUT2D eigenvalue weighted by Gasteiger charge is -2.18. The number of carbonyl (C=O) groups is 1. The van der Waals surface area contributed by atoms with Crippen molar-refractivity contribution in [2.75, 3.05) is 0 Å². The molecule has 1 aromatic heterocycles. The Morgan fingerprint density at radius 1 is 0.885 bits per heavy atom. The molecule has 0 bridgehead atoms. The highest BCUT2D eigenvalue weighted by Gasteiger charge is 2.11. The van der Waals surface area contributed by atoms with Crippen LogP contribution in [-0.2, 0) is 6.42 Å². The van der Waals surface area contributed by atoms with Crippen LogP contribution in [0.25, 0.3) is 0 Å². The summed E-state index contributed by atoms with van der Waals surface area (Å²) in [6, 6.07) is 18.9. The Balaban J connectivity index is 1.67. The maximum absolute atomic E-state index is 12.4. The van der Waals surface area contributed by atoms with Gasteiger partial charge in [0.05, 0.1) is 0 Å². The summed E-state index contributed by atoms with van der Waals surface area (Å²) in [6.07, 6.45) is 4.25. The van der Waals surface area contributed by atoms with Gasteiger partial charge in [-0.25, -0.2) is 0 Å². The third-order valence-corrected chi connectivity index (χ3v) is 3.93. The van der Waals surface area contributed by atoms with Crippen LogP contribution in [0, 0.1) is 5.41 Å². The van der Waals surface area contributed by atoms with Crippen LogP contribution in [0.3, 0.4) is 0 Å². The molecule has 0 fully saturated rings. The number of rotatable bonds is 5. The first kappa shape index (κ1) is 17.9. The number of pyridine rings is 1. The molecule has 0 N–H and O–H groups in total. The molecule has 3 heteroatoms. The molecule has 0 aliphatic heterocycles. The van der Waals surface area contributed by atoms with Crippen molar-refractivity contribution in [1.82, 2.24) is 4.98 Å². The van der Waals surface area contributed by atoms with Crippen molar-refractivity contribution in [2.24, 2.45) is 5.41 Å². The number of benzene rings is 2. The molecule has 3 nitrogen and oxygen atoms in total. The van der Waals surface area contributed by atoms with Crippen molar-refractivity contribution in [3.8, 4) is 11.5 Å². The molecule has 2 aromatic carbocycles. The number of ketones is 1. The van der Waals surface area contributed by atoms with Crippen molar-refractivity contribution in [3.05, 3.63) is 89.7 Å². The number of hydrogen-bond donors (Lipinski definition) is 0. The van der Waals surface area contributed by atoms with Crippen LogP contribution in [0.4, 0.5) is 0 Å². The van der Waals surface area contributed by atoms with Crippen LogP contribution in [0.5, 0.6) is 11.5 Å². The van der Waals surface area contributed by atoms with Crippen molar-refractivity contribution in [3.63, 3.8) is 0 Å². The van der Waals surface area contributed by atoms with E-state index in [0.29, 0.717) is 16.9 Å². The normalized spacial score (nSPS) is 11.2. The lowest BCUT2D eigenvalue weighted by molar-refractivity contribution is 0.103. The van der Waals surface area contributed by atoms with Gasteiger partial charge >= 0.3 is 0 Å². The van der Waals surface area contributed by atoms with E-state index < -0.39 is 0 Å². The van der Waals surface area contributed by atoms with Crippen LogP contribution in [0.2, 0.25) is 0 Å². The first-order valence-electron chi connectivity index (χ1n) is 8.72. The van der Waals surface area contributed by atoms with E-state index in [1.54, 1.807) is 36.7 Å². The van der Waals surface area contributed by atoms with E-state index >= 15 is 0 Å². The molecule has 0 spiro atoms. The van der Waals surface area contributed by atoms with Crippen molar-refractivity contribution < 1.29 is 9.53 Å². The van der Waals surface area contributed by atoms with E-state index in [2.05, 4.69) is 37.9 Å². The molecule has 0 unspecified atom stereocenters. The molecule has 3 rings (SSSR count). The van der Waals surface area contributed by atoms with Gasteiger partial charge in [-0.1, -0.05) is 32.9 Å². The highest BCUT2D eigenvalue weighted by Crippen LogP contribution is 2.25. The van der Waals surface area contributed by atoms with E-state index in [1.165, 1.54) is 5.56 Å². The van der Waals surface area contributed by atoms with Gasteiger partial charge < -0.3 is 4.74 Å². The number of ether oxygens (including phenoxy) is 1. The molecule has 0 radical (unpaired) electrons. The molecule has 26 heavy (non-hydrogen) atoms. The van der Waals surface area contributed by atoms with Crippen LogP contribution < -0.4 is 4.74 Å². The lowest BCUT2D eigenvalue weighted by atomic mass is 9.88. The zero-order chi connectivity index (χ0) is 18.6. The van der Waals surface area contributed by atoms with Crippen LogP contribution in [0.15, 0.2) is 73.1 Å². The van der Waals surface area contributed by atoms with Crippen molar-refractivity contribution in [1.29, 1.82) is 0 Å². The average Bonchev–Trinajstić information content (AvgIpc) is 2.63. The highest BCUT2D eigenvalue weighted by molar-refractivity contribution is 6.08. The van der Waals surface area contributed by atoms with Gasteiger partial charge in [-0.3, -0.25) is 9.78 Å². The molecular formula is C23H23NO2. The molecule has 132 valence electrons. The second-order valence-corrected chi connectivity index (χ2v) is 7.58. The third-order valence-electron chi connectivity index (χ3n) is 3.93. The topological polar surface area (TPSA) is 39.2 Å². The van der Waals surface area contributed by atoms with E-state index in [1.807, 2.05) is 24.3 Å². The largest absolute Gasteiger partial charge is 0.457 e. The van der Waals surface area contributed by atoms with Gasteiger partial charge in [-0.15, -0.1) is 0 Å². The van der Waals surface area contributed by atoms with Gasteiger partial charge in [0, 0.05) is 23.5 Å². The number of hydrogen-bond acceptors (Lipinski definition) is 3. The summed E-state index contributed by atoms with van der Waals surface area (Å²) in [4.78, 5) is 16.4. The standard InChI is InChI=1S/C23H23NO2/c1-23(2,3)15-17-6-10-20(11-7-17)26-21-12-8-18(9-13-21)22(25)19-5-4-14-24-16-19/h4-14,16H,15H2,1-3H3. The fraction of sp³-hybridized carbons (Fsp3) is 0.217. The van der Waals surface area contributed by atoms with E-state index in [4.69, 9.17) is 4.74 Å². The summed E-state index contributed by atoms with van der Waals surface area (Å²) in [5, 5.41) is 0. The predicted molar refractivity (Wildman–Crippen MR) is 104 cm³/mol. The maximum Gasteiger partial charge on any atom is 0.194 e. The molecule has 0 aliphatic carbocycles. The van der Waals surface area contributed by atoms with Crippen LogP contribution in [-0.4, -0.2) is 10.8 Å². The SMILES string of the molecule is CC(C)(C)Cc1ccc(Oc2ccc(C(=O)c3cccnc3)cc2)cc1. The molecule has 0 aliphatic rings. The Kier molecular flexibility index (Phi) is 5.17. The zero-order valence-electron chi connectivity index (χ0n) is 15.4. The molecule has 0 amide bonds. The first-order chi connectivity index (χ1) is 12.4. The summed E-state index contributed by atoms with van der Waals surface area (Å²) in [6.45, 7) is 6.68. The van der Waals surface area contributed by atoms with Gasteiger partial charge in [0.1, 0.15) is 11.5 Å². The maximum atomic E-state index is 12.4. The van der Waals surface area contributed by atoms with Crippen molar-refractivity contribution >= 4 is 5.78 Å². The van der Waals surface area contributed by atoms with Gasteiger partial charge in [0.15, 0.2) is 5.78 Å². The smallest absolute Gasteiger partial charge is 0.194 e. The molecule has 3 aromatic rings. The first-order valence-corrected chi connectivity index (χ1v) is 8.72. The molecule has 1 heterocycles. The minimum atomic E-state index is -0.0452. The van der Waals surface area contributed by atoms with Gasteiger partial charge in [-0.05, 0) is 65.9 Å². The minimum Gasteiger partial charge on any atom is -0.457 e. The summed E-state index contributed by atoms with van der Waals surface area (Å²) < 4.78 is 5.88. The van der Waals surface area contributed by atoms with Gasteiger partial charge in [-0.2, -0.15) is 0 Å². The molecule has 0 saturated carbocycles. The van der Waals surface area contributed by atoms with E-state index in [-0.39, 0.29) is 11.2 Å². The van der Waals surface area contributed by atoms with E-state index in [9.17, 15) is 4.79 Å². The molecule has 0 saturated heterocycles. The molecule has 0 atom stereocenters.